The van der Waals surface area contributed by atoms with E-state index in [1.165, 1.54) is 0 Å². The van der Waals surface area contributed by atoms with Gasteiger partial charge in [0.05, 0.1) is 12.0 Å². The van der Waals surface area contributed by atoms with Gasteiger partial charge in [-0.05, 0) is 26.7 Å². The molecule has 0 aromatic rings. The average Bonchev–Trinajstić information content (AvgIpc) is 2.27. The summed E-state index contributed by atoms with van der Waals surface area (Å²) in [5.74, 6) is -1.78. The van der Waals surface area contributed by atoms with Crippen LogP contribution < -0.4 is 4.72 Å². The fourth-order valence-electron chi connectivity index (χ4n) is 1.77. The number of amides is 1. The summed E-state index contributed by atoms with van der Waals surface area (Å²) in [6.07, 6.45) is -0.634. The summed E-state index contributed by atoms with van der Waals surface area (Å²) >= 11 is 0. The molecular formula is C10H18N2O6S. The first-order valence-electron chi connectivity index (χ1n) is 5.93. The standard InChI is InChI=1S/C10H18N2O6S/c1-7(2)18-10(15)11-19(16,17)12-5-3-4-8(6-12)9(13)14/h7-8H,3-6H2,1-2H3,(H,11,15)(H,13,14)/t8-/m1/s1. The Balaban J connectivity index is 2.66. The Labute approximate surface area is 111 Å². The summed E-state index contributed by atoms with van der Waals surface area (Å²) < 4.78 is 31.1. The average molecular weight is 294 g/mol. The van der Waals surface area contributed by atoms with Crippen LogP contribution in [0.25, 0.3) is 0 Å². The molecule has 110 valence electrons. The maximum Gasteiger partial charge on any atom is 0.422 e. The van der Waals surface area contributed by atoms with Crippen LogP contribution in [0.2, 0.25) is 0 Å². The van der Waals surface area contributed by atoms with E-state index in [0.717, 1.165) is 4.31 Å². The van der Waals surface area contributed by atoms with Gasteiger partial charge in [0.15, 0.2) is 0 Å². The van der Waals surface area contributed by atoms with Crippen LogP contribution in [0.15, 0.2) is 0 Å². The van der Waals surface area contributed by atoms with E-state index in [2.05, 4.69) is 4.74 Å². The highest BCUT2D eigenvalue weighted by Crippen LogP contribution is 2.18. The van der Waals surface area contributed by atoms with Crippen LogP contribution in [-0.4, -0.2) is 49.1 Å². The maximum absolute atomic E-state index is 11.9. The molecular weight excluding hydrogens is 276 g/mol. The topological polar surface area (TPSA) is 113 Å². The van der Waals surface area contributed by atoms with Crippen molar-refractivity contribution in [1.82, 2.24) is 9.03 Å². The number of carboxylic acid groups (broad SMARTS) is 1. The van der Waals surface area contributed by atoms with E-state index >= 15 is 0 Å². The number of carbonyl (C=O) groups excluding carboxylic acids is 1. The second kappa shape index (κ2) is 6.20. The maximum atomic E-state index is 11.9. The lowest BCUT2D eigenvalue weighted by atomic mass is 10.0. The Morgan fingerprint density at radius 1 is 1.42 bits per heavy atom. The summed E-state index contributed by atoms with van der Waals surface area (Å²) in [7, 11) is -4.05. The molecule has 1 atom stereocenters. The van der Waals surface area contributed by atoms with E-state index < -0.39 is 34.3 Å². The Morgan fingerprint density at radius 3 is 2.58 bits per heavy atom. The van der Waals surface area contributed by atoms with Crippen LogP contribution in [0.1, 0.15) is 26.7 Å². The first kappa shape index (κ1) is 15.7. The molecule has 9 heteroatoms. The quantitative estimate of drug-likeness (QED) is 0.763. The lowest BCUT2D eigenvalue weighted by Gasteiger charge is -2.29. The SMILES string of the molecule is CC(C)OC(=O)NS(=O)(=O)N1CCC[C@@H](C(=O)O)C1. The van der Waals surface area contributed by atoms with Gasteiger partial charge in [-0.1, -0.05) is 0 Å². The summed E-state index contributed by atoms with van der Waals surface area (Å²) in [6, 6.07) is 0. The van der Waals surface area contributed by atoms with E-state index in [9.17, 15) is 18.0 Å². The van der Waals surface area contributed by atoms with Crippen molar-refractivity contribution in [2.45, 2.75) is 32.8 Å². The Kier molecular flexibility index (Phi) is 5.12. The smallest absolute Gasteiger partial charge is 0.422 e. The Bertz CT molecular complexity index is 447. The van der Waals surface area contributed by atoms with Gasteiger partial charge >= 0.3 is 22.3 Å². The monoisotopic (exact) mass is 294 g/mol. The molecule has 0 unspecified atom stereocenters. The lowest BCUT2D eigenvalue weighted by Crippen LogP contribution is -2.49. The Morgan fingerprint density at radius 2 is 2.05 bits per heavy atom. The molecule has 0 saturated carbocycles. The van der Waals surface area contributed by atoms with Crippen molar-refractivity contribution in [1.29, 1.82) is 0 Å². The minimum absolute atomic E-state index is 0.139. The minimum Gasteiger partial charge on any atom is -0.481 e. The van der Waals surface area contributed by atoms with Crippen LogP contribution in [0.5, 0.6) is 0 Å². The zero-order valence-corrected chi connectivity index (χ0v) is 11.6. The number of nitrogens with one attached hydrogen (secondary N) is 1. The Hall–Kier alpha value is -1.35. The van der Waals surface area contributed by atoms with Gasteiger partial charge in [0, 0.05) is 13.1 Å². The van der Waals surface area contributed by atoms with Crippen LogP contribution in [-0.2, 0) is 19.7 Å². The van der Waals surface area contributed by atoms with Crippen molar-refractivity contribution in [2.75, 3.05) is 13.1 Å². The number of aliphatic carboxylic acids is 1. The molecule has 1 saturated heterocycles. The van der Waals surface area contributed by atoms with Crippen molar-refractivity contribution in [2.24, 2.45) is 5.92 Å². The highest BCUT2D eigenvalue weighted by molar-refractivity contribution is 7.87. The largest absolute Gasteiger partial charge is 0.481 e. The van der Waals surface area contributed by atoms with E-state index in [1.807, 2.05) is 0 Å². The van der Waals surface area contributed by atoms with Crippen molar-refractivity contribution in [3.63, 3.8) is 0 Å². The van der Waals surface area contributed by atoms with Gasteiger partial charge in [-0.2, -0.15) is 12.7 Å². The second-order valence-corrected chi connectivity index (χ2v) is 6.27. The molecule has 1 heterocycles. The van der Waals surface area contributed by atoms with Gasteiger partial charge in [0.25, 0.3) is 0 Å². The number of carbonyl (C=O) groups is 2. The molecule has 0 spiro atoms. The number of hydrogen-bond donors (Lipinski definition) is 2. The second-order valence-electron chi connectivity index (χ2n) is 4.60. The van der Waals surface area contributed by atoms with E-state index in [1.54, 1.807) is 18.6 Å². The molecule has 2 N–H and O–H groups in total. The predicted octanol–water partition coefficient (Wildman–Crippen LogP) is 0.162. The van der Waals surface area contributed by atoms with Gasteiger partial charge in [0.1, 0.15) is 0 Å². The summed E-state index contributed by atoms with van der Waals surface area (Å²) in [4.78, 5) is 22.1. The molecule has 0 aromatic carbocycles. The molecule has 0 radical (unpaired) electrons. The van der Waals surface area contributed by atoms with Crippen molar-refractivity contribution >= 4 is 22.3 Å². The van der Waals surface area contributed by atoms with Gasteiger partial charge in [-0.25, -0.2) is 9.52 Å². The molecule has 1 aliphatic rings. The molecule has 1 aliphatic heterocycles. The molecule has 0 aromatic heterocycles. The van der Waals surface area contributed by atoms with E-state index in [4.69, 9.17) is 5.11 Å². The van der Waals surface area contributed by atoms with Crippen molar-refractivity contribution < 1.29 is 27.9 Å². The zero-order chi connectivity index (χ0) is 14.6. The van der Waals surface area contributed by atoms with Gasteiger partial charge in [-0.15, -0.1) is 0 Å². The summed E-state index contributed by atoms with van der Waals surface area (Å²) in [5, 5.41) is 8.89. The van der Waals surface area contributed by atoms with Crippen LogP contribution in [0.4, 0.5) is 4.79 Å². The highest BCUT2D eigenvalue weighted by atomic mass is 32.2. The third kappa shape index (κ3) is 4.67. The molecule has 8 nitrogen and oxygen atoms in total. The van der Waals surface area contributed by atoms with E-state index in [0.29, 0.717) is 12.8 Å². The lowest BCUT2D eigenvalue weighted by molar-refractivity contribution is -0.142. The number of hydrogen-bond acceptors (Lipinski definition) is 5. The molecule has 1 amide bonds. The number of piperidine rings is 1. The highest BCUT2D eigenvalue weighted by Gasteiger charge is 2.33. The zero-order valence-electron chi connectivity index (χ0n) is 10.8. The van der Waals surface area contributed by atoms with Crippen LogP contribution in [0.3, 0.4) is 0 Å². The van der Waals surface area contributed by atoms with Crippen molar-refractivity contribution in [3.8, 4) is 0 Å². The first-order valence-corrected chi connectivity index (χ1v) is 7.37. The van der Waals surface area contributed by atoms with E-state index in [-0.39, 0.29) is 13.1 Å². The number of ether oxygens (including phenoxy) is 1. The summed E-state index contributed by atoms with van der Waals surface area (Å²) in [6.45, 7) is 3.23. The molecule has 0 aliphatic carbocycles. The number of nitrogens with zero attached hydrogens (tertiary/aromatic N) is 1. The molecule has 0 bridgehead atoms. The number of rotatable bonds is 4. The van der Waals surface area contributed by atoms with Gasteiger partial charge in [-0.3, -0.25) is 4.79 Å². The van der Waals surface area contributed by atoms with Crippen molar-refractivity contribution in [3.05, 3.63) is 0 Å². The molecule has 1 rings (SSSR count). The normalized spacial score (nSPS) is 21.1. The predicted molar refractivity (Wildman–Crippen MR) is 65.6 cm³/mol. The third-order valence-electron chi connectivity index (χ3n) is 2.63. The first-order chi connectivity index (χ1) is 8.72. The fourth-order valence-corrected chi connectivity index (χ4v) is 2.90. The summed E-state index contributed by atoms with van der Waals surface area (Å²) in [5.41, 5.74) is 0. The van der Waals surface area contributed by atoms with Crippen LogP contribution in [0, 0.1) is 5.92 Å². The van der Waals surface area contributed by atoms with Crippen LogP contribution >= 0.6 is 0 Å². The number of carboxylic acids is 1. The van der Waals surface area contributed by atoms with Gasteiger partial charge in [0.2, 0.25) is 0 Å². The van der Waals surface area contributed by atoms with Gasteiger partial charge < -0.3 is 9.84 Å². The minimum atomic E-state index is -4.05. The molecule has 1 fully saturated rings. The fraction of sp³-hybridized carbons (Fsp3) is 0.800. The third-order valence-corrected chi connectivity index (χ3v) is 4.06. The molecule has 19 heavy (non-hydrogen) atoms.